The first-order chi connectivity index (χ1) is 18.9. The molecule has 2 aromatic carbocycles. The van der Waals surface area contributed by atoms with E-state index >= 15 is 0 Å². The lowest BCUT2D eigenvalue weighted by molar-refractivity contribution is -0.139. The predicted octanol–water partition coefficient (Wildman–Crippen LogP) is 5.65. The van der Waals surface area contributed by atoms with Gasteiger partial charge in [0.25, 0.3) is 0 Å². The number of benzene rings is 2. The lowest BCUT2D eigenvalue weighted by atomic mass is 10.1. The molecule has 2 aromatic heterocycles. The van der Waals surface area contributed by atoms with Gasteiger partial charge in [-0.05, 0) is 54.2 Å². The van der Waals surface area contributed by atoms with Crippen LogP contribution in [0.4, 0.5) is 0 Å². The third-order valence-corrected chi connectivity index (χ3v) is 5.47. The van der Waals surface area contributed by atoms with Crippen LogP contribution in [0.25, 0.3) is 27.6 Å². The maximum atomic E-state index is 11.9. The first kappa shape index (κ1) is 13.8. The molecule has 0 bridgehead atoms. The summed E-state index contributed by atoms with van der Waals surface area (Å²) in [5.41, 5.74) is 0.407. The van der Waals surface area contributed by atoms with Crippen LogP contribution in [0.1, 0.15) is 28.0 Å². The van der Waals surface area contributed by atoms with Crippen molar-refractivity contribution in [1.82, 2.24) is 4.98 Å². The lowest BCUT2D eigenvalue weighted by Crippen LogP contribution is -2.06. The van der Waals surface area contributed by atoms with Crippen LogP contribution in [0.15, 0.2) is 64.0 Å². The second-order valence-electron chi connectivity index (χ2n) is 6.41. The molecule has 0 unspecified atom stereocenters. The molecule has 4 rings (SSSR count). The predicted molar refractivity (Wildman–Crippen MR) is 125 cm³/mol. The monoisotopic (exact) mass is 457 g/mol. The summed E-state index contributed by atoms with van der Waals surface area (Å²) in [5, 5.41) is 2.62. The van der Waals surface area contributed by atoms with Gasteiger partial charge in [-0.25, -0.2) is 9.78 Å². The fourth-order valence-corrected chi connectivity index (χ4v) is 3.88. The number of carbonyl (C=O) groups excluding carboxylic acids is 1. The standard InChI is InChI=1S/C25H23NO5S/c1-16-20(26-24(31-16)17-7-5-4-6-8-17)11-13-30-21-10-9-18(23-19(21)12-14-32-23)15-22(28-2)25(27)29-3/h4-10,12,14-15H,11,13H2,1-3H3/b22-15-/i1D3,4D,5D,6D,7D,8D. The highest BCUT2D eigenvalue weighted by molar-refractivity contribution is 7.17. The van der Waals surface area contributed by atoms with Crippen LogP contribution in [-0.4, -0.2) is 31.8 Å². The van der Waals surface area contributed by atoms with Gasteiger partial charge in [-0.2, -0.15) is 0 Å². The van der Waals surface area contributed by atoms with Crippen molar-refractivity contribution in [1.29, 1.82) is 0 Å². The number of ether oxygens (including phenoxy) is 3. The Morgan fingerprint density at radius 2 is 2.06 bits per heavy atom. The minimum absolute atomic E-state index is 0.000664. The number of hydrogen-bond acceptors (Lipinski definition) is 7. The maximum Gasteiger partial charge on any atom is 0.373 e. The second kappa shape index (κ2) is 9.70. The van der Waals surface area contributed by atoms with Gasteiger partial charge in [0.2, 0.25) is 11.6 Å². The number of aromatic nitrogens is 1. The average Bonchev–Trinajstić information content (AvgIpc) is 3.58. The summed E-state index contributed by atoms with van der Waals surface area (Å²) < 4.78 is 85.5. The Balaban J connectivity index is 1.63. The van der Waals surface area contributed by atoms with Crippen LogP contribution >= 0.6 is 11.3 Å². The van der Waals surface area contributed by atoms with E-state index in [1.165, 1.54) is 25.6 Å². The summed E-state index contributed by atoms with van der Waals surface area (Å²) in [4.78, 5) is 16.1. The largest absolute Gasteiger partial charge is 0.493 e. The Bertz CT molecular complexity index is 1600. The number of esters is 1. The molecule has 32 heavy (non-hydrogen) atoms. The Morgan fingerprint density at radius 1 is 1.22 bits per heavy atom. The van der Waals surface area contributed by atoms with Crippen molar-refractivity contribution in [2.45, 2.75) is 13.3 Å². The summed E-state index contributed by atoms with van der Waals surface area (Å²) in [6, 6.07) is 2.44. The molecule has 6 nitrogen and oxygen atoms in total. The lowest BCUT2D eigenvalue weighted by Gasteiger charge is -2.09. The van der Waals surface area contributed by atoms with E-state index in [1.807, 2.05) is 11.4 Å². The highest BCUT2D eigenvalue weighted by Gasteiger charge is 2.14. The third-order valence-electron chi connectivity index (χ3n) is 4.51. The van der Waals surface area contributed by atoms with Gasteiger partial charge in [0, 0.05) is 26.2 Å². The molecule has 0 aliphatic heterocycles. The van der Waals surface area contributed by atoms with Crippen LogP contribution in [0, 0.1) is 6.85 Å². The highest BCUT2D eigenvalue weighted by atomic mass is 32.1. The van der Waals surface area contributed by atoms with E-state index in [0.717, 1.165) is 10.1 Å². The molecule has 0 amide bonds. The molecule has 0 spiro atoms. The van der Waals surface area contributed by atoms with Crippen molar-refractivity contribution in [3.63, 3.8) is 0 Å². The van der Waals surface area contributed by atoms with Crippen LogP contribution in [0.2, 0.25) is 0 Å². The van der Waals surface area contributed by atoms with Crippen molar-refractivity contribution in [2.24, 2.45) is 0 Å². The molecule has 2 heterocycles. The topological polar surface area (TPSA) is 70.8 Å². The van der Waals surface area contributed by atoms with E-state index in [1.54, 1.807) is 18.2 Å². The summed E-state index contributed by atoms with van der Waals surface area (Å²) >= 11 is 1.43. The van der Waals surface area contributed by atoms with Gasteiger partial charge >= 0.3 is 5.97 Å². The van der Waals surface area contributed by atoms with Gasteiger partial charge in [0.1, 0.15) is 11.5 Å². The number of rotatable bonds is 8. The van der Waals surface area contributed by atoms with Crippen LogP contribution < -0.4 is 4.74 Å². The van der Waals surface area contributed by atoms with Crippen LogP contribution in [0.5, 0.6) is 5.75 Å². The summed E-state index contributed by atoms with van der Waals surface area (Å²) in [6.45, 7) is -2.71. The molecule has 0 radical (unpaired) electrons. The van der Waals surface area contributed by atoms with Crippen molar-refractivity contribution in [2.75, 3.05) is 20.8 Å². The molecule has 0 N–H and O–H groups in total. The number of oxazole rings is 1. The smallest absolute Gasteiger partial charge is 0.373 e. The van der Waals surface area contributed by atoms with Crippen molar-refractivity contribution in [3.05, 3.63) is 76.6 Å². The van der Waals surface area contributed by atoms with Gasteiger partial charge in [-0.1, -0.05) is 18.1 Å². The van der Waals surface area contributed by atoms with E-state index in [9.17, 15) is 4.79 Å². The van der Waals surface area contributed by atoms with E-state index in [2.05, 4.69) is 4.98 Å². The fourth-order valence-electron chi connectivity index (χ4n) is 2.98. The summed E-state index contributed by atoms with van der Waals surface area (Å²) in [7, 11) is 2.62. The maximum absolute atomic E-state index is 11.9. The molecule has 7 heteroatoms. The third kappa shape index (κ3) is 4.53. The molecule has 0 atom stereocenters. The molecule has 0 aliphatic rings. The SMILES string of the molecule is [2H]c1c([2H])c([2H])c(-c2nc(CCOc3ccc(/C=C(\OC)C(=O)OC)c4sccc34)c(C([2H])([2H])[2H])o2)c([2H])c1[2H]. The number of carbonyl (C=O) groups is 1. The van der Waals surface area contributed by atoms with Crippen molar-refractivity contribution >= 4 is 33.5 Å². The zero-order valence-electron chi connectivity index (χ0n) is 25.2. The number of fused-ring (bicyclic) bond motifs is 1. The Hall–Kier alpha value is -3.58. The second-order valence-corrected chi connectivity index (χ2v) is 7.33. The molecule has 164 valence electrons. The van der Waals surface area contributed by atoms with Gasteiger partial charge in [-0.3, -0.25) is 0 Å². The first-order valence-corrected chi connectivity index (χ1v) is 10.3. The van der Waals surface area contributed by atoms with Gasteiger partial charge in [-0.15, -0.1) is 11.3 Å². The van der Waals surface area contributed by atoms with Gasteiger partial charge < -0.3 is 18.6 Å². The molecule has 0 saturated heterocycles. The number of aryl methyl sites for hydroxylation is 1. The molecular weight excluding hydrogens is 426 g/mol. The van der Waals surface area contributed by atoms with Gasteiger partial charge in [0.15, 0.2) is 0 Å². The molecule has 0 fully saturated rings. The summed E-state index contributed by atoms with van der Waals surface area (Å²) in [5.74, 6) is -0.907. The normalized spacial score (nSPS) is 15.5. The fraction of sp³-hybridized carbons (Fsp3) is 0.200. The van der Waals surface area contributed by atoms with Crippen molar-refractivity contribution in [3.8, 4) is 17.2 Å². The molecular formula is C25H23NO5S. The number of thiophene rings is 1. The summed E-state index contributed by atoms with van der Waals surface area (Å²) in [6.07, 6.45) is 1.56. The number of methoxy groups -OCH3 is 2. The molecule has 0 aliphatic carbocycles. The van der Waals surface area contributed by atoms with Crippen LogP contribution in [0.3, 0.4) is 0 Å². The average molecular weight is 458 g/mol. The zero-order valence-corrected chi connectivity index (χ0v) is 18.0. The van der Waals surface area contributed by atoms with Gasteiger partial charge in [0.05, 0.1) is 33.4 Å². The number of nitrogens with zero attached hydrogens (tertiary/aromatic N) is 1. The van der Waals surface area contributed by atoms with E-state index < -0.39 is 48.8 Å². The van der Waals surface area contributed by atoms with E-state index in [0.29, 0.717) is 11.3 Å². The Kier molecular flexibility index (Phi) is 4.17. The minimum atomic E-state index is -2.71. The Morgan fingerprint density at radius 3 is 2.81 bits per heavy atom. The van der Waals surface area contributed by atoms with Crippen molar-refractivity contribution < 1.29 is 34.4 Å². The molecule has 4 aromatic rings. The first-order valence-electron chi connectivity index (χ1n) is 13.4. The minimum Gasteiger partial charge on any atom is -0.493 e. The zero-order chi connectivity index (χ0) is 29.4. The quantitative estimate of drug-likeness (QED) is 0.194. The highest BCUT2D eigenvalue weighted by Crippen LogP contribution is 2.34. The number of hydrogen-bond donors (Lipinski definition) is 0. The Labute approximate surface area is 201 Å². The van der Waals surface area contributed by atoms with E-state index in [4.69, 9.17) is 29.6 Å². The molecule has 0 saturated carbocycles. The van der Waals surface area contributed by atoms with Crippen LogP contribution in [-0.2, 0) is 20.7 Å². The van der Waals surface area contributed by atoms with E-state index in [-0.39, 0.29) is 35.9 Å².